The van der Waals surface area contributed by atoms with Gasteiger partial charge in [0.1, 0.15) is 11.5 Å². The van der Waals surface area contributed by atoms with Gasteiger partial charge in [0.2, 0.25) is 0 Å². The zero-order chi connectivity index (χ0) is 16.3. The van der Waals surface area contributed by atoms with Crippen molar-refractivity contribution < 1.29 is 14.3 Å². The van der Waals surface area contributed by atoms with Crippen molar-refractivity contribution in [2.75, 3.05) is 5.73 Å². The molecule has 2 aromatic rings. The van der Waals surface area contributed by atoms with E-state index in [9.17, 15) is 4.79 Å². The van der Waals surface area contributed by atoms with Crippen molar-refractivity contribution in [1.82, 2.24) is 0 Å². The van der Waals surface area contributed by atoms with E-state index in [2.05, 4.69) is 0 Å². The van der Waals surface area contributed by atoms with Gasteiger partial charge in [0.05, 0.1) is 11.7 Å². The Morgan fingerprint density at radius 1 is 1.18 bits per heavy atom. The normalized spacial score (nSPS) is 10.6. The summed E-state index contributed by atoms with van der Waals surface area (Å²) in [4.78, 5) is 12.1. The third-order valence-electron chi connectivity index (χ3n) is 2.95. The van der Waals surface area contributed by atoms with Crippen LogP contribution in [0.4, 0.5) is 5.69 Å². The molecule has 5 heteroatoms. The zero-order valence-corrected chi connectivity index (χ0v) is 13.5. The van der Waals surface area contributed by atoms with Crippen LogP contribution in [-0.4, -0.2) is 12.1 Å². The summed E-state index contributed by atoms with van der Waals surface area (Å²) in [6, 6.07) is 10.3. The number of nitrogen functional groups attached to an aromatic ring is 1. The molecule has 0 aliphatic heterocycles. The second-order valence-corrected chi connectivity index (χ2v) is 5.65. The van der Waals surface area contributed by atoms with E-state index in [1.807, 2.05) is 6.92 Å². The van der Waals surface area contributed by atoms with Crippen molar-refractivity contribution in [2.45, 2.75) is 26.9 Å². The van der Waals surface area contributed by atoms with Gasteiger partial charge in [-0.15, -0.1) is 0 Å². The Bertz CT molecular complexity index is 681. The molecule has 2 aromatic carbocycles. The number of anilines is 1. The van der Waals surface area contributed by atoms with E-state index in [0.717, 1.165) is 5.56 Å². The first-order valence-corrected chi connectivity index (χ1v) is 7.29. The highest BCUT2D eigenvalue weighted by atomic mass is 35.5. The molecule has 2 N–H and O–H groups in total. The van der Waals surface area contributed by atoms with E-state index in [0.29, 0.717) is 27.8 Å². The summed E-state index contributed by atoms with van der Waals surface area (Å²) < 4.78 is 11.0. The Kier molecular flexibility index (Phi) is 4.93. The third-order valence-corrected chi connectivity index (χ3v) is 3.20. The molecular weight excluding hydrogens is 302 g/mol. The fourth-order valence-electron chi connectivity index (χ4n) is 1.90. The van der Waals surface area contributed by atoms with Crippen LogP contribution in [0, 0.1) is 6.92 Å². The van der Waals surface area contributed by atoms with Crippen LogP contribution in [0.5, 0.6) is 11.5 Å². The van der Waals surface area contributed by atoms with Gasteiger partial charge in [0.15, 0.2) is 0 Å². The Balaban J connectivity index is 2.31. The smallest absolute Gasteiger partial charge is 0.340 e. The second kappa shape index (κ2) is 6.71. The molecule has 0 amide bonds. The molecule has 4 nitrogen and oxygen atoms in total. The number of carbonyl (C=O) groups is 1. The SMILES string of the molecule is Cc1cc(N)c(C(=O)OC(C)C)cc1Oc1ccc(Cl)cc1. The molecule has 116 valence electrons. The lowest BCUT2D eigenvalue weighted by atomic mass is 10.1. The number of nitrogens with two attached hydrogens (primary N) is 1. The van der Waals surface area contributed by atoms with Gasteiger partial charge in [-0.2, -0.15) is 0 Å². The van der Waals surface area contributed by atoms with E-state index in [1.54, 1.807) is 50.2 Å². The van der Waals surface area contributed by atoms with Crippen LogP contribution in [0.1, 0.15) is 29.8 Å². The number of ether oxygens (including phenoxy) is 2. The first-order valence-electron chi connectivity index (χ1n) is 6.91. The average Bonchev–Trinajstić information content (AvgIpc) is 2.43. The van der Waals surface area contributed by atoms with Crippen LogP contribution in [0.2, 0.25) is 5.02 Å². The molecule has 0 aliphatic rings. The molecule has 0 aromatic heterocycles. The molecule has 0 bridgehead atoms. The van der Waals surface area contributed by atoms with Crippen molar-refractivity contribution in [1.29, 1.82) is 0 Å². The highest BCUT2D eigenvalue weighted by Gasteiger charge is 2.16. The number of halogens is 1. The van der Waals surface area contributed by atoms with Crippen molar-refractivity contribution >= 4 is 23.3 Å². The van der Waals surface area contributed by atoms with Crippen molar-refractivity contribution in [3.8, 4) is 11.5 Å². The summed E-state index contributed by atoms with van der Waals surface area (Å²) in [5, 5.41) is 0.627. The molecular formula is C17H18ClNO3. The van der Waals surface area contributed by atoms with Gasteiger partial charge in [-0.1, -0.05) is 11.6 Å². The lowest BCUT2D eigenvalue weighted by Gasteiger charge is -2.14. The number of hydrogen-bond acceptors (Lipinski definition) is 4. The number of rotatable bonds is 4. The maximum Gasteiger partial charge on any atom is 0.340 e. The van der Waals surface area contributed by atoms with Gasteiger partial charge in [0.25, 0.3) is 0 Å². The van der Waals surface area contributed by atoms with Gasteiger partial charge in [-0.3, -0.25) is 0 Å². The fraction of sp³-hybridized carbons (Fsp3) is 0.235. The molecule has 0 atom stereocenters. The predicted molar refractivity (Wildman–Crippen MR) is 87.7 cm³/mol. The van der Waals surface area contributed by atoms with Crippen LogP contribution in [-0.2, 0) is 4.74 Å². The number of aryl methyl sites for hydroxylation is 1. The van der Waals surface area contributed by atoms with Gasteiger partial charge in [-0.25, -0.2) is 4.79 Å². The molecule has 0 aliphatic carbocycles. The maximum atomic E-state index is 12.1. The summed E-state index contributed by atoms with van der Waals surface area (Å²) in [7, 11) is 0. The summed E-state index contributed by atoms with van der Waals surface area (Å²) >= 11 is 5.85. The van der Waals surface area contributed by atoms with Gasteiger partial charge < -0.3 is 15.2 Å². The van der Waals surface area contributed by atoms with Crippen LogP contribution in [0.15, 0.2) is 36.4 Å². The zero-order valence-electron chi connectivity index (χ0n) is 12.7. The molecule has 22 heavy (non-hydrogen) atoms. The van der Waals surface area contributed by atoms with Gasteiger partial charge in [0, 0.05) is 10.7 Å². The predicted octanol–water partition coefficient (Wildman–Crippen LogP) is 4.59. The number of carbonyl (C=O) groups excluding carboxylic acids is 1. The average molecular weight is 320 g/mol. The molecule has 0 radical (unpaired) electrons. The number of benzene rings is 2. The molecule has 0 spiro atoms. The summed E-state index contributed by atoms with van der Waals surface area (Å²) in [6.07, 6.45) is -0.214. The lowest BCUT2D eigenvalue weighted by Crippen LogP contribution is -2.13. The number of hydrogen-bond donors (Lipinski definition) is 1. The fourth-order valence-corrected chi connectivity index (χ4v) is 2.03. The Morgan fingerprint density at radius 2 is 1.82 bits per heavy atom. The summed E-state index contributed by atoms with van der Waals surface area (Å²) in [5.41, 5.74) is 7.40. The third kappa shape index (κ3) is 3.92. The minimum Gasteiger partial charge on any atom is -0.459 e. The molecule has 0 saturated carbocycles. The molecule has 2 rings (SSSR count). The van der Waals surface area contributed by atoms with Crippen LogP contribution in [0.25, 0.3) is 0 Å². The van der Waals surface area contributed by atoms with Crippen molar-refractivity contribution in [3.05, 3.63) is 52.5 Å². The van der Waals surface area contributed by atoms with Gasteiger partial charge >= 0.3 is 5.97 Å². The summed E-state index contributed by atoms with van der Waals surface area (Å²) in [6.45, 7) is 5.43. The second-order valence-electron chi connectivity index (χ2n) is 5.22. The number of esters is 1. The quantitative estimate of drug-likeness (QED) is 0.661. The lowest BCUT2D eigenvalue weighted by molar-refractivity contribution is 0.0379. The Hall–Kier alpha value is -2.20. The van der Waals surface area contributed by atoms with E-state index in [4.69, 9.17) is 26.8 Å². The minimum absolute atomic E-state index is 0.214. The topological polar surface area (TPSA) is 61.6 Å². The molecule has 0 saturated heterocycles. The largest absolute Gasteiger partial charge is 0.459 e. The maximum absolute atomic E-state index is 12.1. The highest BCUT2D eigenvalue weighted by Crippen LogP contribution is 2.30. The minimum atomic E-state index is -0.464. The van der Waals surface area contributed by atoms with Crippen LogP contribution < -0.4 is 10.5 Å². The first kappa shape index (κ1) is 16.2. The molecule has 0 fully saturated rings. The van der Waals surface area contributed by atoms with Crippen molar-refractivity contribution in [3.63, 3.8) is 0 Å². The van der Waals surface area contributed by atoms with Crippen LogP contribution >= 0.6 is 11.6 Å². The van der Waals surface area contributed by atoms with E-state index < -0.39 is 5.97 Å². The summed E-state index contributed by atoms with van der Waals surface area (Å²) in [5.74, 6) is 0.709. The monoisotopic (exact) mass is 319 g/mol. The van der Waals surface area contributed by atoms with Crippen LogP contribution in [0.3, 0.4) is 0 Å². The molecule has 0 unspecified atom stereocenters. The van der Waals surface area contributed by atoms with Crippen molar-refractivity contribution in [2.24, 2.45) is 0 Å². The highest BCUT2D eigenvalue weighted by molar-refractivity contribution is 6.30. The van der Waals surface area contributed by atoms with E-state index in [-0.39, 0.29) is 6.10 Å². The van der Waals surface area contributed by atoms with Gasteiger partial charge in [-0.05, 0) is 62.7 Å². The Labute approximate surface area is 134 Å². The van der Waals surface area contributed by atoms with E-state index in [1.165, 1.54) is 0 Å². The molecule has 0 heterocycles. The first-order chi connectivity index (χ1) is 10.4. The van der Waals surface area contributed by atoms with E-state index >= 15 is 0 Å². The Morgan fingerprint density at radius 3 is 2.41 bits per heavy atom. The standard InChI is InChI=1S/C17H18ClNO3/c1-10(2)21-17(20)14-9-16(11(3)8-15(14)19)22-13-6-4-12(18)5-7-13/h4-10H,19H2,1-3H3.